The molecule has 0 spiro atoms. The van der Waals surface area contributed by atoms with Crippen molar-refractivity contribution in [3.63, 3.8) is 0 Å². The van der Waals surface area contributed by atoms with Gasteiger partial charge in [-0.25, -0.2) is 0 Å². The molecule has 1 aliphatic carbocycles. The molecule has 0 bridgehead atoms. The minimum atomic E-state index is -0.00204. The van der Waals surface area contributed by atoms with Crippen LogP contribution in [0.15, 0.2) is 0 Å². The van der Waals surface area contributed by atoms with Crippen molar-refractivity contribution in [1.29, 1.82) is 0 Å². The fourth-order valence-electron chi connectivity index (χ4n) is 3.44. The number of hydrogen-bond acceptors (Lipinski definition) is 2. The maximum atomic E-state index is 9.80. The fraction of sp³-hybridized carbons (Fsp3) is 1.00. The molecule has 0 aromatic carbocycles. The highest BCUT2D eigenvalue weighted by atomic mass is 16.3. The van der Waals surface area contributed by atoms with Crippen LogP contribution in [0, 0.1) is 11.3 Å². The molecule has 0 radical (unpaired) electrons. The molecule has 16 heavy (non-hydrogen) atoms. The van der Waals surface area contributed by atoms with Gasteiger partial charge in [-0.1, -0.05) is 20.3 Å². The van der Waals surface area contributed by atoms with Gasteiger partial charge in [-0.05, 0) is 56.5 Å². The monoisotopic (exact) mass is 225 g/mol. The van der Waals surface area contributed by atoms with E-state index in [9.17, 15) is 5.11 Å². The molecule has 2 heteroatoms. The summed E-state index contributed by atoms with van der Waals surface area (Å²) in [5.41, 5.74) is 0.506. The maximum absolute atomic E-state index is 9.80. The summed E-state index contributed by atoms with van der Waals surface area (Å²) in [6.07, 6.45) is 7.44. The zero-order valence-corrected chi connectivity index (χ0v) is 10.9. The molecule has 1 aliphatic heterocycles. The van der Waals surface area contributed by atoms with Gasteiger partial charge in [0.15, 0.2) is 0 Å². The molecule has 2 fully saturated rings. The number of piperidine rings is 1. The van der Waals surface area contributed by atoms with Crippen LogP contribution in [0.25, 0.3) is 0 Å². The molecule has 2 unspecified atom stereocenters. The quantitative estimate of drug-likeness (QED) is 0.798. The van der Waals surface area contributed by atoms with Crippen molar-refractivity contribution in [3.8, 4) is 0 Å². The first-order chi connectivity index (χ1) is 7.57. The zero-order valence-electron chi connectivity index (χ0n) is 10.9. The topological polar surface area (TPSA) is 23.5 Å². The lowest BCUT2D eigenvalue weighted by molar-refractivity contribution is 0.0886. The molecule has 0 aromatic heterocycles. The second kappa shape index (κ2) is 5.05. The van der Waals surface area contributed by atoms with Gasteiger partial charge in [0.2, 0.25) is 0 Å². The van der Waals surface area contributed by atoms with Crippen LogP contribution in [0.1, 0.15) is 52.4 Å². The molecule has 1 N–H and O–H groups in total. The van der Waals surface area contributed by atoms with E-state index < -0.39 is 0 Å². The number of nitrogens with zero attached hydrogens (tertiary/aromatic N) is 1. The summed E-state index contributed by atoms with van der Waals surface area (Å²) in [4.78, 5) is 2.61. The van der Waals surface area contributed by atoms with Crippen molar-refractivity contribution >= 4 is 0 Å². The van der Waals surface area contributed by atoms with Crippen LogP contribution in [-0.4, -0.2) is 35.7 Å². The predicted molar refractivity (Wildman–Crippen MR) is 67.4 cm³/mol. The van der Waals surface area contributed by atoms with Crippen molar-refractivity contribution in [1.82, 2.24) is 4.90 Å². The third-order valence-corrected chi connectivity index (χ3v) is 4.41. The lowest BCUT2D eigenvalue weighted by Crippen LogP contribution is -2.41. The van der Waals surface area contributed by atoms with Crippen LogP contribution in [0.2, 0.25) is 0 Å². The highest BCUT2D eigenvalue weighted by Gasteiger charge is 2.29. The molecular weight excluding hydrogens is 198 g/mol. The third kappa shape index (κ3) is 3.21. The van der Waals surface area contributed by atoms with Gasteiger partial charge >= 0.3 is 0 Å². The van der Waals surface area contributed by atoms with E-state index in [1.165, 1.54) is 51.7 Å². The van der Waals surface area contributed by atoms with Crippen molar-refractivity contribution in [2.75, 3.05) is 19.6 Å². The minimum Gasteiger partial charge on any atom is -0.393 e. The molecular formula is C14H27NO. The second-order valence-electron chi connectivity index (χ2n) is 6.59. The van der Waals surface area contributed by atoms with E-state index in [-0.39, 0.29) is 6.10 Å². The molecule has 0 aromatic rings. The zero-order chi connectivity index (χ0) is 11.6. The summed E-state index contributed by atoms with van der Waals surface area (Å²) >= 11 is 0. The van der Waals surface area contributed by atoms with Gasteiger partial charge in [0.05, 0.1) is 6.10 Å². The van der Waals surface area contributed by atoms with Gasteiger partial charge in [-0.2, -0.15) is 0 Å². The summed E-state index contributed by atoms with van der Waals surface area (Å²) in [5.74, 6) is 0.588. The molecule has 1 saturated carbocycles. The van der Waals surface area contributed by atoms with Gasteiger partial charge < -0.3 is 10.0 Å². The molecule has 2 atom stereocenters. The smallest absolute Gasteiger partial charge is 0.0568 e. The van der Waals surface area contributed by atoms with E-state index in [2.05, 4.69) is 18.7 Å². The van der Waals surface area contributed by atoms with Crippen LogP contribution in [0.3, 0.4) is 0 Å². The van der Waals surface area contributed by atoms with E-state index in [1.54, 1.807) is 0 Å². The number of aliphatic hydroxyl groups excluding tert-OH is 1. The Kier molecular flexibility index (Phi) is 3.91. The van der Waals surface area contributed by atoms with Crippen molar-refractivity contribution in [2.24, 2.45) is 11.3 Å². The molecule has 2 nitrogen and oxygen atoms in total. The van der Waals surface area contributed by atoms with Crippen LogP contribution in [-0.2, 0) is 0 Å². The summed E-state index contributed by atoms with van der Waals surface area (Å²) < 4.78 is 0. The normalized spacial score (nSPS) is 35.4. The summed E-state index contributed by atoms with van der Waals surface area (Å²) in [6.45, 7) is 8.47. The average Bonchev–Trinajstić information content (AvgIpc) is 2.60. The van der Waals surface area contributed by atoms with Crippen LogP contribution < -0.4 is 0 Å². The Morgan fingerprint density at radius 3 is 2.69 bits per heavy atom. The van der Waals surface area contributed by atoms with E-state index in [1.807, 2.05) is 0 Å². The predicted octanol–water partition coefficient (Wildman–Crippen LogP) is 2.66. The first kappa shape index (κ1) is 12.4. The van der Waals surface area contributed by atoms with Crippen LogP contribution in [0.5, 0.6) is 0 Å². The summed E-state index contributed by atoms with van der Waals surface area (Å²) in [6, 6.07) is 0. The SMILES string of the molecule is CC1(C)CCCN(CCC2CCCC2O)C1. The lowest BCUT2D eigenvalue weighted by atomic mass is 9.84. The first-order valence-corrected chi connectivity index (χ1v) is 6.97. The third-order valence-electron chi connectivity index (χ3n) is 4.41. The average molecular weight is 225 g/mol. The first-order valence-electron chi connectivity index (χ1n) is 6.97. The van der Waals surface area contributed by atoms with Gasteiger partial charge in [0.1, 0.15) is 0 Å². The molecule has 1 saturated heterocycles. The van der Waals surface area contributed by atoms with Gasteiger partial charge in [0.25, 0.3) is 0 Å². The number of likely N-dealkylation sites (tertiary alicyclic amines) is 1. The Labute approximate surface area is 100 Å². The van der Waals surface area contributed by atoms with E-state index in [4.69, 9.17) is 0 Å². The standard InChI is InChI=1S/C14H27NO/c1-14(2)8-4-9-15(11-14)10-7-12-5-3-6-13(12)16/h12-13,16H,3-11H2,1-2H3. The summed E-state index contributed by atoms with van der Waals surface area (Å²) in [7, 11) is 0. The van der Waals surface area contributed by atoms with Crippen molar-refractivity contribution in [2.45, 2.75) is 58.5 Å². The molecule has 94 valence electrons. The Morgan fingerprint density at radius 1 is 1.25 bits per heavy atom. The highest BCUT2D eigenvalue weighted by Crippen LogP contribution is 2.31. The Morgan fingerprint density at radius 2 is 2.06 bits per heavy atom. The van der Waals surface area contributed by atoms with Gasteiger partial charge in [0, 0.05) is 6.54 Å². The second-order valence-corrected chi connectivity index (χ2v) is 6.59. The Hall–Kier alpha value is -0.0800. The Bertz CT molecular complexity index is 227. The molecule has 0 amide bonds. The number of aliphatic hydroxyl groups is 1. The highest BCUT2D eigenvalue weighted by molar-refractivity contribution is 4.82. The number of hydrogen-bond donors (Lipinski definition) is 1. The van der Waals surface area contributed by atoms with E-state index in [0.29, 0.717) is 11.3 Å². The fourth-order valence-corrected chi connectivity index (χ4v) is 3.44. The minimum absolute atomic E-state index is 0.00204. The van der Waals surface area contributed by atoms with Gasteiger partial charge in [-0.15, -0.1) is 0 Å². The largest absolute Gasteiger partial charge is 0.393 e. The van der Waals surface area contributed by atoms with Crippen LogP contribution in [0.4, 0.5) is 0 Å². The summed E-state index contributed by atoms with van der Waals surface area (Å²) in [5, 5.41) is 9.80. The van der Waals surface area contributed by atoms with E-state index in [0.717, 1.165) is 6.42 Å². The molecule has 2 aliphatic rings. The number of rotatable bonds is 3. The Balaban J connectivity index is 1.73. The van der Waals surface area contributed by atoms with Crippen molar-refractivity contribution in [3.05, 3.63) is 0 Å². The van der Waals surface area contributed by atoms with Gasteiger partial charge in [-0.3, -0.25) is 0 Å². The van der Waals surface area contributed by atoms with E-state index >= 15 is 0 Å². The molecule has 1 heterocycles. The molecule has 2 rings (SSSR count). The van der Waals surface area contributed by atoms with Crippen molar-refractivity contribution < 1.29 is 5.11 Å². The van der Waals surface area contributed by atoms with Crippen LogP contribution >= 0.6 is 0 Å². The lowest BCUT2D eigenvalue weighted by Gasteiger charge is -2.38. The maximum Gasteiger partial charge on any atom is 0.0568 e.